The van der Waals surface area contributed by atoms with E-state index < -0.39 is 16.9 Å². The predicted molar refractivity (Wildman–Crippen MR) is 56.2 cm³/mol. The van der Waals surface area contributed by atoms with Crippen molar-refractivity contribution < 1.29 is 14.8 Å². The van der Waals surface area contributed by atoms with Crippen molar-refractivity contribution in [2.24, 2.45) is 12.8 Å². The highest BCUT2D eigenvalue weighted by Crippen LogP contribution is 2.27. The number of aromatic nitrogens is 2. The number of carboxylic acid groups (broad SMARTS) is 1. The Labute approximate surface area is 94.6 Å². The van der Waals surface area contributed by atoms with Crippen molar-refractivity contribution in [3.63, 3.8) is 0 Å². The SMILES string of the molecule is Cn1cnc([N+](=O)[O-])c1SCC(N)C(=O)O. The summed E-state index contributed by atoms with van der Waals surface area (Å²) in [5.74, 6) is -1.38. The van der Waals surface area contributed by atoms with Gasteiger partial charge in [-0.2, -0.15) is 0 Å². The molecule has 9 heteroatoms. The van der Waals surface area contributed by atoms with Crippen molar-refractivity contribution in [1.29, 1.82) is 0 Å². The normalized spacial score (nSPS) is 12.4. The number of carbonyl (C=O) groups is 1. The Morgan fingerprint density at radius 3 is 3.00 bits per heavy atom. The van der Waals surface area contributed by atoms with Crippen LogP contribution in [0.3, 0.4) is 0 Å². The van der Waals surface area contributed by atoms with Gasteiger partial charge in [0.25, 0.3) is 0 Å². The molecule has 0 bridgehead atoms. The third-order valence-electron chi connectivity index (χ3n) is 1.75. The van der Waals surface area contributed by atoms with Crippen molar-refractivity contribution >= 4 is 23.5 Å². The summed E-state index contributed by atoms with van der Waals surface area (Å²) in [4.78, 5) is 24.0. The first-order valence-electron chi connectivity index (χ1n) is 4.20. The number of carboxylic acids is 1. The minimum atomic E-state index is -1.14. The van der Waals surface area contributed by atoms with Gasteiger partial charge in [-0.05, 0) is 9.91 Å². The molecule has 0 aliphatic rings. The number of hydrogen-bond acceptors (Lipinski definition) is 6. The fraction of sp³-hybridized carbons (Fsp3) is 0.429. The number of hydrogen-bond donors (Lipinski definition) is 2. The zero-order chi connectivity index (χ0) is 12.3. The lowest BCUT2D eigenvalue weighted by Crippen LogP contribution is -2.32. The number of aliphatic carboxylic acids is 1. The fourth-order valence-electron chi connectivity index (χ4n) is 0.938. The predicted octanol–water partition coefficient (Wildman–Crippen LogP) is -0.168. The molecule has 0 aliphatic heterocycles. The van der Waals surface area contributed by atoms with Crippen LogP contribution in [0.2, 0.25) is 0 Å². The Morgan fingerprint density at radius 2 is 2.50 bits per heavy atom. The average Bonchev–Trinajstić information content (AvgIpc) is 2.56. The topological polar surface area (TPSA) is 124 Å². The number of aryl methyl sites for hydroxylation is 1. The lowest BCUT2D eigenvalue weighted by Gasteiger charge is -2.05. The number of nitro groups is 1. The zero-order valence-corrected chi connectivity index (χ0v) is 9.18. The van der Waals surface area contributed by atoms with Crippen LogP contribution in [0.5, 0.6) is 0 Å². The highest BCUT2D eigenvalue weighted by Gasteiger charge is 2.22. The fourth-order valence-corrected chi connectivity index (χ4v) is 1.93. The molecule has 3 N–H and O–H groups in total. The first kappa shape index (κ1) is 12.5. The first-order valence-corrected chi connectivity index (χ1v) is 5.19. The van der Waals surface area contributed by atoms with Gasteiger partial charge < -0.3 is 25.5 Å². The number of thioether (sulfide) groups is 1. The van der Waals surface area contributed by atoms with Crippen LogP contribution >= 0.6 is 11.8 Å². The van der Waals surface area contributed by atoms with Gasteiger partial charge in [-0.25, -0.2) is 0 Å². The Hall–Kier alpha value is -1.61. The summed E-state index contributed by atoms with van der Waals surface area (Å²) in [5.41, 5.74) is 5.29. The molecule has 0 spiro atoms. The van der Waals surface area contributed by atoms with Gasteiger partial charge in [-0.3, -0.25) is 4.79 Å². The van der Waals surface area contributed by atoms with Crippen molar-refractivity contribution in [1.82, 2.24) is 9.55 Å². The molecule has 1 unspecified atom stereocenters. The van der Waals surface area contributed by atoms with Crippen molar-refractivity contribution in [2.75, 3.05) is 5.75 Å². The summed E-state index contributed by atoms with van der Waals surface area (Å²) in [6.45, 7) is 0. The van der Waals surface area contributed by atoms with E-state index in [2.05, 4.69) is 4.98 Å². The monoisotopic (exact) mass is 246 g/mol. The van der Waals surface area contributed by atoms with Crippen LogP contribution in [0.1, 0.15) is 0 Å². The van der Waals surface area contributed by atoms with Gasteiger partial charge in [0.05, 0.1) is 0 Å². The van der Waals surface area contributed by atoms with Crippen LogP contribution in [0, 0.1) is 10.1 Å². The molecule has 0 saturated carbocycles. The van der Waals surface area contributed by atoms with Gasteiger partial charge in [0.2, 0.25) is 6.33 Å². The Kier molecular flexibility index (Phi) is 3.85. The van der Waals surface area contributed by atoms with Crippen LogP contribution in [0.25, 0.3) is 0 Å². The number of nitrogens with two attached hydrogens (primary N) is 1. The van der Waals surface area contributed by atoms with Gasteiger partial charge in [0.15, 0.2) is 5.03 Å². The highest BCUT2D eigenvalue weighted by atomic mass is 32.2. The van der Waals surface area contributed by atoms with E-state index in [1.54, 1.807) is 7.05 Å². The Balaban J connectivity index is 2.77. The van der Waals surface area contributed by atoms with E-state index >= 15 is 0 Å². The van der Waals surface area contributed by atoms with Gasteiger partial charge in [0, 0.05) is 12.8 Å². The molecule has 0 radical (unpaired) electrons. The molecule has 1 atom stereocenters. The van der Waals surface area contributed by atoms with Crippen LogP contribution < -0.4 is 5.73 Å². The van der Waals surface area contributed by atoms with E-state index in [0.717, 1.165) is 11.8 Å². The molecule has 16 heavy (non-hydrogen) atoms. The molecule has 0 amide bonds. The van der Waals surface area contributed by atoms with Crippen LogP contribution in [-0.2, 0) is 11.8 Å². The zero-order valence-electron chi connectivity index (χ0n) is 8.36. The molecule has 1 heterocycles. The summed E-state index contributed by atoms with van der Waals surface area (Å²) in [6.07, 6.45) is 1.30. The maximum absolute atomic E-state index is 10.6. The van der Waals surface area contributed by atoms with E-state index in [1.165, 1.54) is 10.9 Å². The summed E-state index contributed by atoms with van der Waals surface area (Å²) >= 11 is 0.998. The molecule has 1 aromatic heterocycles. The van der Waals surface area contributed by atoms with E-state index in [9.17, 15) is 14.9 Å². The van der Waals surface area contributed by atoms with Crippen LogP contribution in [0.15, 0.2) is 11.4 Å². The maximum atomic E-state index is 10.6. The van der Waals surface area contributed by atoms with Crippen molar-refractivity contribution in [3.8, 4) is 0 Å². The van der Waals surface area contributed by atoms with Crippen molar-refractivity contribution in [3.05, 3.63) is 16.4 Å². The lowest BCUT2D eigenvalue weighted by molar-refractivity contribution is -0.392. The quantitative estimate of drug-likeness (QED) is 0.420. The van der Waals surface area contributed by atoms with Gasteiger partial charge in [-0.15, -0.1) is 0 Å². The van der Waals surface area contributed by atoms with E-state index in [0.29, 0.717) is 5.03 Å². The minimum absolute atomic E-state index is 0.0513. The third kappa shape index (κ3) is 2.70. The molecule has 0 saturated heterocycles. The molecule has 0 aromatic carbocycles. The Morgan fingerprint density at radius 1 is 1.88 bits per heavy atom. The molecule has 0 fully saturated rings. The van der Waals surface area contributed by atoms with Gasteiger partial charge in [-0.1, -0.05) is 11.8 Å². The van der Waals surface area contributed by atoms with Crippen LogP contribution in [0.4, 0.5) is 5.82 Å². The number of nitrogens with zero attached hydrogens (tertiary/aromatic N) is 3. The summed E-state index contributed by atoms with van der Waals surface area (Å²) < 4.78 is 1.46. The average molecular weight is 246 g/mol. The molecule has 88 valence electrons. The number of rotatable bonds is 5. The summed E-state index contributed by atoms with van der Waals surface area (Å²) in [7, 11) is 1.59. The Bertz CT molecular complexity index is 419. The largest absolute Gasteiger partial charge is 0.480 e. The molecule has 1 rings (SSSR count). The smallest absolute Gasteiger partial charge is 0.395 e. The minimum Gasteiger partial charge on any atom is -0.480 e. The second-order valence-electron chi connectivity index (χ2n) is 3.00. The lowest BCUT2D eigenvalue weighted by atomic mass is 10.4. The van der Waals surface area contributed by atoms with Crippen molar-refractivity contribution in [2.45, 2.75) is 11.1 Å². The van der Waals surface area contributed by atoms with Gasteiger partial charge in [0.1, 0.15) is 6.04 Å². The molecule has 1 aromatic rings. The summed E-state index contributed by atoms with van der Waals surface area (Å²) in [6, 6.07) is -1.06. The number of imidazole rings is 1. The highest BCUT2D eigenvalue weighted by molar-refractivity contribution is 7.99. The molecule has 0 aliphatic carbocycles. The van der Waals surface area contributed by atoms with E-state index in [-0.39, 0.29) is 11.6 Å². The van der Waals surface area contributed by atoms with Crippen LogP contribution in [-0.4, -0.2) is 37.3 Å². The standard InChI is InChI=1S/C7H10N4O4S/c1-10-3-9-5(11(14)15)6(10)16-2-4(8)7(12)13/h3-4H,2,8H2,1H3,(H,12,13). The maximum Gasteiger partial charge on any atom is 0.395 e. The second kappa shape index (κ2) is 4.94. The molecule has 8 nitrogen and oxygen atoms in total. The van der Waals surface area contributed by atoms with E-state index in [4.69, 9.17) is 10.8 Å². The molecular weight excluding hydrogens is 236 g/mol. The van der Waals surface area contributed by atoms with Gasteiger partial charge >= 0.3 is 11.8 Å². The first-order chi connectivity index (χ1) is 7.43. The summed E-state index contributed by atoms with van der Waals surface area (Å²) in [5, 5.41) is 19.4. The second-order valence-corrected chi connectivity index (χ2v) is 4.01. The third-order valence-corrected chi connectivity index (χ3v) is 3.02. The molecular formula is C7H10N4O4S. The van der Waals surface area contributed by atoms with E-state index in [1.807, 2.05) is 0 Å².